The van der Waals surface area contributed by atoms with E-state index in [1.165, 1.54) is 0 Å². The second-order valence-corrected chi connectivity index (χ2v) is 2.76. The van der Waals surface area contributed by atoms with Crippen molar-refractivity contribution >= 4 is 0 Å². The molecule has 1 aromatic rings. The van der Waals surface area contributed by atoms with Crippen LogP contribution in [0.4, 0.5) is 0 Å². The first-order valence-corrected chi connectivity index (χ1v) is 3.81. The number of hydrogen-bond donors (Lipinski definition) is 2. The fraction of sp³-hybridized carbons (Fsp3) is 0.500. The smallest absolute Gasteiger partial charge is 0.129 e. The molecule has 68 valence electrons. The molecule has 0 aromatic carbocycles. The van der Waals surface area contributed by atoms with Gasteiger partial charge in [-0.15, -0.1) is 0 Å². The van der Waals surface area contributed by atoms with Crippen molar-refractivity contribution in [3.05, 3.63) is 23.7 Å². The molecule has 0 aliphatic rings. The maximum Gasteiger partial charge on any atom is 0.129 e. The first-order chi connectivity index (χ1) is 5.72. The van der Waals surface area contributed by atoms with Crippen LogP contribution in [0.2, 0.25) is 0 Å². The van der Waals surface area contributed by atoms with Crippen LogP contribution < -0.4 is 5.43 Å². The van der Waals surface area contributed by atoms with Gasteiger partial charge in [0.15, 0.2) is 0 Å². The lowest BCUT2D eigenvalue weighted by molar-refractivity contribution is 0.233. The second-order valence-electron chi connectivity index (χ2n) is 2.76. The topological polar surface area (TPSA) is 48.6 Å². The van der Waals surface area contributed by atoms with E-state index in [0.29, 0.717) is 12.3 Å². The van der Waals surface area contributed by atoms with Crippen molar-refractivity contribution < 1.29 is 9.52 Å². The van der Waals surface area contributed by atoms with Crippen LogP contribution in [0, 0.1) is 0 Å². The molecule has 0 atom stereocenters. The van der Waals surface area contributed by atoms with Gasteiger partial charge in [0.1, 0.15) is 18.1 Å². The minimum atomic E-state index is -0.0397. The summed E-state index contributed by atoms with van der Waals surface area (Å²) in [4.78, 5) is 0. The Morgan fingerprint density at radius 1 is 1.42 bits per heavy atom. The molecule has 1 aromatic heterocycles. The molecule has 0 unspecified atom stereocenters. The summed E-state index contributed by atoms with van der Waals surface area (Å²) >= 11 is 0. The summed E-state index contributed by atoms with van der Waals surface area (Å²) in [7, 11) is 3.83. The van der Waals surface area contributed by atoms with Gasteiger partial charge in [-0.3, -0.25) is 5.01 Å². The van der Waals surface area contributed by atoms with Gasteiger partial charge in [0, 0.05) is 14.1 Å². The van der Waals surface area contributed by atoms with Crippen LogP contribution >= 0.6 is 0 Å². The van der Waals surface area contributed by atoms with Crippen molar-refractivity contribution in [1.29, 1.82) is 0 Å². The van der Waals surface area contributed by atoms with Crippen molar-refractivity contribution in [2.24, 2.45) is 0 Å². The van der Waals surface area contributed by atoms with Crippen molar-refractivity contribution in [2.75, 3.05) is 14.1 Å². The molecular weight excluding hydrogens is 156 g/mol. The maximum atomic E-state index is 8.70. The maximum absolute atomic E-state index is 8.70. The molecule has 0 amide bonds. The predicted octanol–water partition coefficient (Wildman–Crippen LogP) is 0.338. The number of aliphatic hydroxyl groups excluding tert-OH is 1. The Morgan fingerprint density at radius 2 is 2.08 bits per heavy atom. The summed E-state index contributed by atoms with van der Waals surface area (Å²) in [5.41, 5.74) is 3.06. The van der Waals surface area contributed by atoms with E-state index < -0.39 is 0 Å². The van der Waals surface area contributed by atoms with Crippen LogP contribution in [-0.4, -0.2) is 24.2 Å². The molecule has 1 heterocycles. The Hall–Kier alpha value is -0.840. The normalized spacial score (nSPS) is 11.0. The minimum Gasteiger partial charge on any atom is -0.462 e. The monoisotopic (exact) mass is 170 g/mol. The van der Waals surface area contributed by atoms with Crippen molar-refractivity contribution in [3.8, 4) is 0 Å². The molecule has 0 fully saturated rings. The molecule has 4 heteroatoms. The Labute approximate surface area is 71.8 Å². The predicted molar refractivity (Wildman–Crippen MR) is 45.2 cm³/mol. The molecule has 0 saturated carbocycles. The number of furan rings is 1. The SMILES string of the molecule is CN(C)NCc1ccc(CO)o1. The number of rotatable bonds is 4. The second kappa shape index (κ2) is 4.25. The lowest BCUT2D eigenvalue weighted by Crippen LogP contribution is -2.29. The average molecular weight is 170 g/mol. The number of nitrogens with zero attached hydrogens (tertiary/aromatic N) is 1. The van der Waals surface area contributed by atoms with Gasteiger partial charge >= 0.3 is 0 Å². The van der Waals surface area contributed by atoms with Crippen molar-refractivity contribution in [2.45, 2.75) is 13.2 Å². The zero-order valence-corrected chi connectivity index (χ0v) is 7.37. The number of aliphatic hydroxyl groups is 1. The summed E-state index contributed by atoms with van der Waals surface area (Å²) < 4.78 is 5.24. The highest BCUT2D eigenvalue weighted by molar-refractivity contribution is 5.05. The number of hydrogen-bond acceptors (Lipinski definition) is 4. The Morgan fingerprint density at radius 3 is 2.58 bits per heavy atom. The van der Waals surface area contributed by atoms with Gasteiger partial charge in [-0.1, -0.05) is 0 Å². The van der Waals surface area contributed by atoms with Gasteiger partial charge in [0.2, 0.25) is 0 Å². The molecular formula is C8H14N2O2. The Balaban J connectivity index is 2.41. The highest BCUT2D eigenvalue weighted by Gasteiger charge is 1.99. The zero-order valence-electron chi connectivity index (χ0n) is 7.37. The highest BCUT2D eigenvalue weighted by Crippen LogP contribution is 2.06. The summed E-state index contributed by atoms with van der Waals surface area (Å²) in [5, 5.41) is 10.6. The van der Waals surface area contributed by atoms with E-state index in [4.69, 9.17) is 9.52 Å². The van der Waals surface area contributed by atoms with Crippen LogP contribution in [0.5, 0.6) is 0 Å². The van der Waals surface area contributed by atoms with Crippen molar-refractivity contribution in [3.63, 3.8) is 0 Å². The van der Waals surface area contributed by atoms with E-state index in [0.717, 1.165) is 5.76 Å². The number of nitrogens with one attached hydrogen (secondary N) is 1. The molecule has 1 rings (SSSR count). The molecule has 0 aliphatic carbocycles. The largest absolute Gasteiger partial charge is 0.462 e. The van der Waals surface area contributed by atoms with Crippen LogP contribution in [0.15, 0.2) is 16.5 Å². The Kier molecular flexibility index (Phi) is 3.28. The van der Waals surface area contributed by atoms with Gasteiger partial charge in [0.05, 0.1) is 6.54 Å². The first-order valence-electron chi connectivity index (χ1n) is 3.81. The third kappa shape index (κ3) is 2.65. The molecule has 0 radical (unpaired) electrons. The van der Waals surface area contributed by atoms with Crippen LogP contribution in [0.25, 0.3) is 0 Å². The fourth-order valence-electron chi connectivity index (χ4n) is 0.838. The van der Waals surface area contributed by atoms with E-state index in [9.17, 15) is 0 Å². The fourth-order valence-corrected chi connectivity index (χ4v) is 0.838. The first kappa shape index (κ1) is 9.25. The van der Waals surface area contributed by atoms with Crippen LogP contribution in [-0.2, 0) is 13.2 Å². The standard InChI is InChI=1S/C8H14N2O2/c1-10(2)9-5-7-3-4-8(6-11)12-7/h3-4,9,11H,5-6H2,1-2H3. The third-order valence-electron chi connectivity index (χ3n) is 1.44. The molecule has 0 bridgehead atoms. The quantitative estimate of drug-likeness (QED) is 0.640. The summed E-state index contributed by atoms with van der Waals surface area (Å²) in [6.07, 6.45) is 0. The summed E-state index contributed by atoms with van der Waals surface area (Å²) in [5.74, 6) is 1.43. The van der Waals surface area contributed by atoms with Crippen molar-refractivity contribution in [1.82, 2.24) is 10.4 Å². The van der Waals surface area contributed by atoms with Gasteiger partial charge in [-0.2, -0.15) is 0 Å². The van der Waals surface area contributed by atoms with Crippen LogP contribution in [0.3, 0.4) is 0 Å². The van der Waals surface area contributed by atoms with Gasteiger partial charge in [-0.25, -0.2) is 5.43 Å². The molecule has 0 aliphatic heterocycles. The molecule has 0 saturated heterocycles. The number of hydrazine groups is 1. The molecule has 2 N–H and O–H groups in total. The zero-order chi connectivity index (χ0) is 8.97. The summed E-state index contributed by atoms with van der Waals surface area (Å²) in [6.45, 7) is 0.606. The third-order valence-corrected chi connectivity index (χ3v) is 1.44. The highest BCUT2D eigenvalue weighted by atomic mass is 16.4. The molecule has 4 nitrogen and oxygen atoms in total. The van der Waals surface area contributed by atoms with E-state index >= 15 is 0 Å². The molecule has 12 heavy (non-hydrogen) atoms. The lowest BCUT2D eigenvalue weighted by atomic mass is 10.4. The lowest BCUT2D eigenvalue weighted by Gasteiger charge is -2.09. The average Bonchev–Trinajstić information content (AvgIpc) is 2.48. The van der Waals surface area contributed by atoms with Gasteiger partial charge in [-0.05, 0) is 12.1 Å². The van der Waals surface area contributed by atoms with Crippen LogP contribution in [0.1, 0.15) is 11.5 Å². The molecule has 0 spiro atoms. The van der Waals surface area contributed by atoms with E-state index in [1.807, 2.05) is 25.2 Å². The van der Waals surface area contributed by atoms with E-state index in [2.05, 4.69) is 5.43 Å². The minimum absolute atomic E-state index is 0.0397. The summed E-state index contributed by atoms with van der Waals surface area (Å²) in [6, 6.07) is 3.62. The Bertz CT molecular complexity index is 233. The van der Waals surface area contributed by atoms with E-state index in [1.54, 1.807) is 6.07 Å². The van der Waals surface area contributed by atoms with E-state index in [-0.39, 0.29) is 6.61 Å². The van der Waals surface area contributed by atoms with Gasteiger partial charge in [0.25, 0.3) is 0 Å². The van der Waals surface area contributed by atoms with Gasteiger partial charge < -0.3 is 9.52 Å².